The number of carbonyl (C=O) groups is 1. The molecular formula is C28H32F3N3O3. The number of fused-ring (bicyclic) bond motifs is 1. The maximum atomic E-state index is 15.5. The van der Waals surface area contributed by atoms with Gasteiger partial charge in [0.05, 0.1) is 12.6 Å². The Morgan fingerprint density at radius 2 is 1.92 bits per heavy atom. The van der Waals surface area contributed by atoms with Crippen LogP contribution >= 0.6 is 0 Å². The first-order chi connectivity index (χ1) is 17.4. The number of rotatable bonds is 10. The standard InChI is InChI=1S/C28H32F3N3O3/c1-17-10-20-13-19(21(14-32)15-33-8-9-35)5-6-22(20)27(34(17)16-28(2,3)31)26-23(29)11-18(12-24(26)30)4-7-25(36)37/h4-7,11-15,17,27,32-33,35H,8-10,16H2,1-3H3,(H,36,37)/b7-4+,21-15+,32-14?. The van der Waals surface area contributed by atoms with Gasteiger partial charge >= 0.3 is 5.97 Å². The van der Waals surface area contributed by atoms with Crippen molar-refractivity contribution >= 4 is 23.8 Å². The molecule has 2 atom stereocenters. The second kappa shape index (κ2) is 11.7. The van der Waals surface area contributed by atoms with Crippen molar-refractivity contribution < 1.29 is 28.2 Å². The number of aliphatic hydroxyl groups is 1. The zero-order valence-electron chi connectivity index (χ0n) is 21.1. The van der Waals surface area contributed by atoms with Crippen LogP contribution in [0.5, 0.6) is 0 Å². The number of allylic oxidation sites excluding steroid dienone is 1. The number of hydrogen-bond donors (Lipinski definition) is 4. The number of nitrogens with one attached hydrogen (secondary N) is 2. The lowest BCUT2D eigenvalue weighted by Crippen LogP contribution is -2.48. The summed E-state index contributed by atoms with van der Waals surface area (Å²) in [4.78, 5) is 12.6. The summed E-state index contributed by atoms with van der Waals surface area (Å²) < 4.78 is 45.8. The highest BCUT2D eigenvalue weighted by Gasteiger charge is 2.39. The van der Waals surface area contributed by atoms with E-state index >= 15 is 8.78 Å². The van der Waals surface area contributed by atoms with E-state index in [1.54, 1.807) is 23.2 Å². The molecule has 0 aliphatic carbocycles. The summed E-state index contributed by atoms with van der Waals surface area (Å²) in [5.74, 6) is -2.94. The van der Waals surface area contributed by atoms with Crippen molar-refractivity contribution in [2.75, 3.05) is 19.7 Å². The summed E-state index contributed by atoms with van der Waals surface area (Å²) in [6.07, 6.45) is 5.22. The fourth-order valence-electron chi connectivity index (χ4n) is 4.68. The molecule has 37 heavy (non-hydrogen) atoms. The number of hydrogen-bond acceptors (Lipinski definition) is 5. The van der Waals surface area contributed by atoms with Crippen molar-refractivity contribution in [1.29, 1.82) is 5.41 Å². The lowest BCUT2D eigenvalue weighted by atomic mass is 9.82. The number of halogens is 3. The van der Waals surface area contributed by atoms with E-state index < -0.39 is 29.3 Å². The Labute approximate surface area is 214 Å². The molecule has 0 spiro atoms. The van der Waals surface area contributed by atoms with Crippen molar-refractivity contribution in [1.82, 2.24) is 10.2 Å². The summed E-state index contributed by atoms with van der Waals surface area (Å²) in [5.41, 5.74) is 0.949. The first-order valence-corrected chi connectivity index (χ1v) is 12.0. The molecular weight excluding hydrogens is 483 g/mol. The van der Waals surface area contributed by atoms with E-state index in [-0.39, 0.29) is 30.3 Å². The third-order valence-electron chi connectivity index (χ3n) is 6.20. The minimum atomic E-state index is -1.63. The summed E-state index contributed by atoms with van der Waals surface area (Å²) in [6, 6.07) is 6.35. The van der Waals surface area contributed by atoms with Crippen LogP contribution in [0, 0.1) is 17.0 Å². The van der Waals surface area contributed by atoms with Crippen LogP contribution in [0.1, 0.15) is 54.6 Å². The monoisotopic (exact) mass is 515 g/mol. The van der Waals surface area contributed by atoms with E-state index in [9.17, 15) is 9.18 Å². The number of carboxylic acid groups (broad SMARTS) is 1. The highest BCUT2D eigenvalue weighted by Crippen LogP contribution is 2.42. The van der Waals surface area contributed by atoms with Gasteiger partial charge in [-0.3, -0.25) is 4.90 Å². The van der Waals surface area contributed by atoms with Crippen molar-refractivity contribution in [2.45, 2.75) is 44.9 Å². The SMILES string of the molecule is CC1Cc2cc(/C(C=N)=C/NCCO)ccc2C(c2c(F)cc(/C=C/C(=O)O)cc2F)N1CC(C)(C)F. The molecule has 1 aliphatic heterocycles. The van der Waals surface area contributed by atoms with Crippen molar-refractivity contribution in [2.24, 2.45) is 0 Å². The van der Waals surface area contributed by atoms with Gasteiger partial charge in [0.15, 0.2) is 0 Å². The van der Waals surface area contributed by atoms with Crippen LogP contribution in [-0.2, 0) is 11.2 Å². The van der Waals surface area contributed by atoms with E-state index in [0.29, 0.717) is 24.1 Å². The molecule has 0 aromatic heterocycles. The molecule has 4 N–H and O–H groups in total. The van der Waals surface area contributed by atoms with Crippen LogP contribution in [-0.4, -0.2) is 58.7 Å². The number of nitrogens with zero attached hydrogens (tertiary/aromatic N) is 1. The van der Waals surface area contributed by atoms with Gasteiger partial charge < -0.3 is 20.9 Å². The van der Waals surface area contributed by atoms with Crippen molar-refractivity contribution in [3.8, 4) is 0 Å². The molecule has 3 rings (SSSR count). The van der Waals surface area contributed by atoms with Crippen LogP contribution in [0.15, 0.2) is 42.6 Å². The van der Waals surface area contributed by atoms with Crippen molar-refractivity contribution in [3.05, 3.63) is 82.1 Å². The Morgan fingerprint density at radius 1 is 1.24 bits per heavy atom. The van der Waals surface area contributed by atoms with Crippen LogP contribution in [0.3, 0.4) is 0 Å². The fraction of sp³-hybridized carbons (Fsp3) is 0.357. The summed E-state index contributed by atoms with van der Waals surface area (Å²) >= 11 is 0. The van der Waals surface area contributed by atoms with Gasteiger partial charge in [0.2, 0.25) is 0 Å². The highest BCUT2D eigenvalue weighted by molar-refractivity contribution is 6.08. The molecule has 0 saturated carbocycles. The van der Waals surface area contributed by atoms with E-state index in [0.717, 1.165) is 35.4 Å². The summed E-state index contributed by atoms with van der Waals surface area (Å²) in [7, 11) is 0. The van der Waals surface area contributed by atoms with Crippen LogP contribution < -0.4 is 5.32 Å². The molecule has 0 bridgehead atoms. The molecule has 0 radical (unpaired) electrons. The Balaban J connectivity index is 2.16. The molecule has 2 aromatic rings. The number of alkyl halides is 1. The predicted octanol–water partition coefficient (Wildman–Crippen LogP) is 4.72. The Kier molecular flexibility index (Phi) is 8.94. The average Bonchev–Trinajstić information content (AvgIpc) is 2.81. The maximum Gasteiger partial charge on any atom is 0.328 e. The predicted molar refractivity (Wildman–Crippen MR) is 138 cm³/mol. The average molecular weight is 516 g/mol. The second-order valence-electron chi connectivity index (χ2n) is 9.75. The molecule has 6 nitrogen and oxygen atoms in total. The molecule has 0 amide bonds. The van der Waals surface area contributed by atoms with Gasteiger partial charge in [-0.05, 0) is 67.7 Å². The van der Waals surface area contributed by atoms with Gasteiger partial charge in [-0.15, -0.1) is 0 Å². The Morgan fingerprint density at radius 3 is 2.49 bits per heavy atom. The van der Waals surface area contributed by atoms with E-state index in [1.165, 1.54) is 20.1 Å². The van der Waals surface area contributed by atoms with Gasteiger partial charge in [0.25, 0.3) is 0 Å². The van der Waals surface area contributed by atoms with Gasteiger partial charge in [-0.2, -0.15) is 0 Å². The third-order valence-corrected chi connectivity index (χ3v) is 6.20. The highest BCUT2D eigenvalue weighted by atomic mass is 19.1. The smallest absolute Gasteiger partial charge is 0.328 e. The number of carboxylic acids is 1. The number of benzene rings is 2. The van der Waals surface area contributed by atoms with Gasteiger partial charge in [0.1, 0.15) is 17.3 Å². The lowest BCUT2D eigenvalue weighted by Gasteiger charge is -2.44. The molecule has 9 heteroatoms. The molecule has 2 aromatic carbocycles. The summed E-state index contributed by atoms with van der Waals surface area (Å²) in [5, 5.41) is 28.5. The molecule has 198 valence electrons. The van der Waals surface area contributed by atoms with Crippen molar-refractivity contribution in [3.63, 3.8) is 0 Å². The zero-order valence-corrected chi connectivity index (χ0v) is 21.1. The van der Waals surface area contributed by atoms with Crippen LogP contribution in [0.25, 0.3) is 11.6 Å². The maximum absolute atomic E-state index is 15.5. The number of aliphatic carboxylic acids is 1. The molecule has 2 unspecified atom stereocenters. The first-order valence-electron chi connectivity index (χ1n) is 12.0. The fourth-order valence-corrected chi connectivity index (χ4v) is 4.68. The molecule has 0 saturated heterocycles. The van der Waals surface area contributed by atoms with Gasteiger partial charge in [0, 0.05) is 48.8 Å². The molecule has 1 heterocycles. The Bertz CT molecular complexity index is 1200. The van der Waals surface area contributed by atoms with E-state index in [4.69, 9.17) is 15.6 Å². The molecule has 1 aliphatic rings. The van der Waals surface area contributed by atoms with Gasteiger partial charge in [-0.25, -0.2) is 18.0 Å². The minimum Gasteiger partial charge on any atom is -0.478 e. The largest absolute Gasteiger partial charge is 0.478 e. The van der Waals surface area contributed by atoms with E-state index in [1.807, 2.05) is 13.0 Å². The lowest BCUT2D eigenvalue weighted by molar-refractivity contribution is -0.131. The van der Waals surface area contributed by atoms with Crippen LogP contribution in [0.4, 0.5) is 13.2 Å². The quantitative estimate of drug-likeness (QED) is 0.209. The normalized spacial score (nSPS) is 18.6. The third kappa shape index (κ3) is 6.87. The minimum absolute atomic E-state index is 0.0592. The second-order valence-corrected chi connectivity index (χ2v) is 9.75. The topological polar surface area (TPSA) is 96.7 Å². The first kappa shape index (κ1) is 28.1. The zero-order chi connectivity index (χ0) is 27.3. The summed E-state index contributed by atoms with van der Waals surface area (Å²) in [6.45, 7) is 4.92. The number of aliphatic hydroxyl groups excluding tert-OH is 1. The molecule has 0 fully saturated rings. The van der Waals surface area contributed by atoms with E-state index in [2.05, 4.69) is 5.32 Å². The van der Waals surface area contributed by atoms with Gasteiger partial charge in [-0.1, -0.05) is 18.2 Å². The Hall–Kier alpha value is -3.43. The van der Waals surface area contributed by atoms with Crippen LogP contribution in [0.2, 0.25) is 0 Å².